The number of benzene rings is 4. The molecule has 0 aliphatic rings. The molecular formula is C25H20N2O4S. The van der Waals surface area contributed by atoms with E-state index < -0.39 is 16.0 Å². The van der Waals surface area contributed by atoms with Gasteiger partial charge in [0.1, 0.15) is 5.75 Å². The van der Waals surface area contributed by atoms with Crippen LogP contribution in [0.15, 0.2) is 101 Å². The van der Waals surface area contributed by atoms with Crippen molar-refractivity contribution in [2.24, 2.45) is 5.10 Å². The van der Waals surface area contributed by atoms with Gasteiger partial charge in [0.15, 0.2) is 0 Å². The van der Waals surface area contributed by atoms with Crippen molar-refractivity contribution in [3.8, 4) is 5.75 Å². The Kier molecular flexibility index (Phi) is 6.00. The van der Waals surface area contributed by atoms with Gasteiger partial charge in [-0.25, -0.2) is 9.63 Å². The Morgan fingerprint density at radius 3 is 2.31 bits per heavy atom. The first-order chi connectivity index (χ1) is 15.4. The number of sulfonamides is 1. The summed E-state index contributed by atoms with van der Waals surface area (Å²) in [6, 6.07) is 26.2. The van der Waals surface area contributed by atoms with Crippen LogP contribution in [0.2, 0.25) is 0 Å². The summed E-state index contributed by atoms with van der Waals surface area (Å²) in [5.41, 5.74) is 2.09. The van der Waals surface area contributed by atoms with Crippen molar-refractivity contribution in [3.05, 3.63) is 108 Å². The lowest BCUT2D eigenvalue weighted by atomic mass is 10.0. The number of aryl methyl sites for hydroxylation is 1. The molecule has 6 nitrogen and oxygen atoms in total. The number of fused-ring (bicyclic) bond motifs is 1. The van der Waals surface area contributed by atoms with Gasteiger partial charge >= 0.3 is 5.97 Å². The van der Waals surface area contributed by atoms with Gasteiger partial charge in [0.05, 0.1) is 16.7 Å². The first-order valence-corrected chi connectivity index (χ1v) is 11.3. The summed E-state index contributed by atoms with van der Waals surface area (Å²) >= 11 is 0. The van der Waals surface area contributed by atoms with E-state index in [-0.39, 0.29) is 4.90 Å². The lowest BCUT2D eigenvalue weighted by Gasteiger charge is -2.07. The number of hydrazone groups is 1. The maximum absolute atomic E-state index is 12.6. The van der Waals surface area contributed by atoms with Crippen LogP contribution in [0.4, 0.5) is 0 Å². The Morgan fingerprint density at radius 2 is 1.56 bits per heavy atom. The van der Waals surface area contributed by atoms with Gasteiger partial charge < -0.3 is 4.74 Å². The molecule has 0 aliphatic carbocycles. The highest BCUT2D eigenvalue weighted by atomic mass is 32.2. The van der Waals surface area contributed by atoms with Crippen LogP contribution < -0.4 is 9.57 Å². The maximum atomic E-state index is 12.6. The molecule has 0 saturated carbocycles. The van der Waals surface area contributed by atoms with Crippen molar-refractivity contribution < 1.29 is 17.9 Å². The Morgan fingerprint density at radius 1 is 0.875 bits per heavy atom. The van der Waals surface area contributed by atoms with E-state index in [9.17, 15) is 13.2 Å². The number of hydrogen-bond acceptors (Lipinski definition) is 5. The Balaban J connectivity index is 1.42. The average Bonchev–Trinajstić information content (AvgIpc) is 2.80. The van der Waals surface area contributed by atoms with Crippen LogP contribution in [0.3, 0.4) is 0 Å². The molecule has 0 saturated heterocycles. The third-order valence-electron chi connectivity index (χ3n) is 4.82. The zero-order valence-corrected chi connectivity index (χ0v) is 18.0. The minimum Gasteiger partial charge on any atom is -0.423 e. The Bertz CT molecular complexity index is 1390. The normalized spacial score (nSPS) is 11.5. The van der Waals surface area contributed by atoms with Gasteiger partial charge in [-0.2, -0.15) is 13.5 Å². The van der Waals surface area contributed by atoms with Gasteiger partial charge in [0, 0.05) is 0 Å². The van der Waals surface area contributed by atoms with Gasteiger partial charge in [-0.15, -0.1) is 0 Å². The van der Waals surface area contributed by atoms with Crippen LogP contribution in [0.5, 0.6) is 5.75 Å². The summed E-state index contributed by atoms with van der Waals surface area (Å²) in [6.45, 7) is 1.88. The van der Waals surface area contributed by atoms with Crippen molar-refractivity contribution in [2.45, 2.75) is 11.8 Å². The number of nitrogens with one attached hydrogen (secondary N) is 1. The molecule has 1 N–H and O–H groups in total. The topological polar surface area (TPSA) is 84.8 Å². The van der Waals surface area contributed by atoms with Crippen molar-refractivity contribution in [1.82, 2.24) is 4.83 Å². The summed E-state index contributed by atoms with van der Waals surface area (Å²) in [7, 11) is -3.74. The van der Waals surface area contributed by atoms with Gasteiger partial charge in [0.25, 0.3) is 10.0 Å². The lowest BCUT2D eigenvalue weighted by molar-refractivity contribution is 0.0737. The molecule has 0 aromatic heterocycles. The second-order valence-corrected chi connectivity index (χ2v) is 8.81. The molecule has 32 heavy (non-hydrogen) atoms. The van der Waals surface area contributed by atoms with Crippen LogP contribution in [0.25, 0.3) is 10.8 Å². The fourth-order valence-electron chi connectivity index (χ4n) is 3.13. The quantitative estimate of drug-likeness (QED) is 0.203. The van der Waals surface area contributed by atoms with Gasteiger partial charge in [-0.1, -0.05) is 54.1 Å². The van der Waals surface area contributed by atoms with Crippen LogP contribution in [0.1, 0.15) is 21.5 Å². The summed E-state index contributed by atoms with van der Waals surface area (Å²) in [6.07, 6.45) is 1.38. The second-order valence-electron chi connectivity index (χ2n) is 7.15. The number of hydrogen-bond donors (Lipinski definition) is 1. The highest BCUT2D eigenvalue weighted by Crippen LogP contribution is 2.21. The van der Waals surface area contributed by atoms with Crippen LogP contribution >= 0.6 is 0 Å². The molecule has 0 atom stereocenters. The SMILES string of the molecule is Cc1ccc(S(=O)(=O)N/N=C\c2ccc(OC(=O)c3cccc4ccccc34)cc2)cc1. The van der Waals surface area contributed by atoms with Crippen molar-refractivity contribution in [1.29, 1.82) is 0 Å². The minimum absolute atomic E-state index is 0.135. The third kappa shape index (κ3) is 4.84. The predicted molar refractivity (Wildman–Crippen MR) is 124 cm³/mol. The average molecular weight is 445 g/mol. The van der Waals surface area contributed by atoms with E-state index in [1.165, 1.54) is 18.3 Å². The van der Waals surface area contributed by atoms with Gasteiger partial charge in [-0.3, -0.25) is 0 Å². The van der Waals surface area contributed by atoms with Crippen LogP contribution in [0, 0.1) is 6.92 Å². The molecule has 0 heterocycles. The number of carbonyl (C=O) groups is 1. The van der Waals surface area contributed by atoms with E-state index in [1.807, 2.05) is 43.3 Å². The monoisotopic (exact) mass is 444 g/mol. The highest BCUT2D eigenvalue weighted by molar-refractivity contribution is 7.89. The van der Waals surface area contributed by atoms with E-state index >= 15 is 0 Å². The third-order valence-corrected chi connectivity index (χ3v) is 6.06. The van der Waals surface area contributed by atoms with E-state index in [0.717, 1.165) is 16.3 Å². The molecule has 4 aromatic rings. The molecule has 4 rings (SSSR count). The van der Waals surface area contributed by atoms with Gasteiger partial charge in [0.2, 0.25) is 0 Å². The van der Waals surface area contributed by atoms with E-state index in [2.05, 4.69) is 9.93 Å². The van der Waals surface area contributed by atoms with Crippen molar-refractivity contribution in [3.63, 3.8) is 0 Å². The van der Waals surface area contributed by atoms with E-state index in [4.69, 9.17) is 4.74 Å². The lowest BCUT2D eigenvalue weighted by Crippen LogP contribution is -2.18. The van der Waals surface area contributed by atoms with Crippen molar-refractivity contribution in [2.75, 3.05) is 0 Å². The minimum atomic E-state index is -3.74. The van der Waals surface area contributed by atoms with Crippen molar-refractivity contribution >= 4 is 33.0 Å². The molecule has 0 amide bonds. The summed E-state index contributed by atoms with van der Waals surface area (Å²) in [4.78, 5) is 14.9. The first kappa shape index (κ1) is 21.3. The molecule has 0 radical (unpaired) electrons. The van der Waals surface area contributed by atoms with E-state index in [1.54, 1.807) is 42.5 Å². The molecule has 0 spiro atoms. The summed E-state index contributed by atoms with van der Waals surface area (Å²) < 4.78 is 30.0. The molecule has 160 valence electrons. The van der Waals surface area contributed by atoms with Crippen LogP contribution in [-0.4, -0.2) is 20.6 Å². The maximum Gasteiger partial charge on any atom is 0.344 e. The molecule has 4 aromatic carbocycles. The molecule has 0 aliphatic heterocycles. The fraction of sp³-hybridized carbons (Fsp3) is 0.0400. The Hall–Kier alpha value is -3.97. The standard InChI is InChI=1S/C25H20N2O4S/c1-18-9-15-22(16-10-18)32(29,30)27-26-17-19-11-13-21(14-12-19)31-25(28)24-8-4-6-20-5-2-3-7-23(20)24/h2-17,27H,1H3/b26-17-. The Labute approximate surface area is 186 Å². The first-order valence-electron chi connectivity index (χ1n) is 9.84. The smallest absolute Gasteiger partial charge is 0.344 e. The molecule has 7 heteroatoms. The summed E-state index contributed by atoms with van der Waals surface area (Å²) in [5, 5.41) is 5.60. The fourth-order valence-corrected chi connectivity index (χ4v) is 3.92. The predicted octanol–water partition coefficient (Wildman–Crippen LogP) is 4.68. The number of esters is 1. The number of rotatable bonds is 6. The van der Waals surface area contributed by atoms with Gasteiger partial charge in [-0.05, 0) is 65.7 Å². The van der Waals surface area contributed by atoms with Crippen LogP contribution in [-0.2, 0) is 10.0 Å². The molecular weight excluding hydrogens is 424 g/mol. The largest absolute Gasteiger partial charge is 0.423 e. The second kappa shape index (κ2) is 9.03. The number of nitrogens with zero attached hydrogens (tertiary/aromatic N) is 1. The zero-order chi connectivity index (χ0) is 22.6. The number of ether oxygens (including phenoxy) is 1. The zero-order valence-electron chi connectivity index (χ0n) is 17.2. The number of carbonyl (C=O) groups excluding carboxylic acids is 1. The molecule has 0 bridgehead atoms. The highest BCUT2D eigenvalue weighted by Gasteiger charge is 2.13. The van der Waals surface area contributed by atoms with E-state index in [0.29, 0.717) is 16.9 Å². The summed E-state index contributed by atoms with van der Waals surface area (Å²) in [5.74, 6) is -0.0746. The molecule has 0 fully saturated rings. The molecule has 0 unspecified atom stereocenters.